The van der Waals surface area contributed by atoms with Gasteiger partial charge in [-0.25, -0.2) is 0 Å². The molecule has 1 unspecified atom stereocenters. The molecule has 0 radical (unpaired) electrons. The maximum absolute atomic E-state index is 11.1. The van der Waals surface area contributed by atoms with Gasteiger partial charge in [0.15, 0.2) is 0 Å². The van der Waals surface area contributed by atoms with Crippen molar-refractivity contribution in [2.45, 2.75) is 80.8 Å². The van der Waals surface area contributed by atoms with Crippen molar-refractivity contribution >= 4 is 5.57 Å². The van der Waals surface area contributed by atoms with E-state index in [1.54, 1.807) is 7.11 Å². The van der Waals surface area contributed by atoms with Crippen LogP contribution in [0.5, 0.6) is 0 Å². The highest BCUT2D eigenvalue weighted by Crippen LogP contribution is 2.45. The molecule has 0 saturated carbocycles. The minimum absolute atomic E-state index is 0. The summed E-state index contributed by atoms with van der Waals surface area (Å²) < 4.78 is 5.62. The fraction of sp³-hybridized carbons (Fsp3) is 0.448. The average Bonchev–Trinajstić information content (AvgIpc) is 2.67. The summed E-state index contributed by atoms with van der Waals surface area (Å²) >= 11 is 0. The van der Waals surface area contributed by atoms with E-state index < -0.39 is 5.60 Å². The van der Waals surface area contributed by atoms with Crippen molar-refractivity contribution in [2.24, 2.45) is 0 Å². The first-order valence-corrected chi connectivity index (χ1v) is 11.0. The number of allylic oxidation sites excluding steroid dienone is 5. The maximum atomic E-state index is 11.1. The number of aryl methyl sites for hydroxylation is 1. The van der Waals surface area contributed by atoms with Crippen LogP contribution in [0, 0.1) is 6.92 Å². The molecule has 0 aliphatic rings. The number of aliphatic hydroxyl groups is 1. The van der Waals surface area contributed by atoms with Gasteiger partial charge in [-0.2, -0.15) is 0 Å². The van der Waals surface area contributed by atoms with Gasteiger partial charge in [0.1, 0.15) is 5.76 Å². The summed E-state index contributed by atoms with van der Waals surface area (Å²) in [5, 5.41) is 11.1. The third-order valence-electron chi connectivity index (χ3n) is 5.44. The van der Waals surface area contributed by atoms with Gasteiger partial charge in [0.2, 0.25) is 0 Å². The Morgan fingerprint density at radius 3 is 1.87 bits per heavy atom. The van der Waals surface area contributed by atoms with E-state index in [0.29, 0.717) is 5.76 Å². The molecule has 2 heteroatoms. The third kappa shape index (κ3) is 7.11. The topological polar surface area (TPSA) is 29.5 Å². The summed E-state index contributed by atoms with van der Waals surface area (Å²) in [6, 6.07) is 6.38. The van der Waals surface area contributed by atoms with E-state index in [4.69, 9.17) is 4.74 Å². The van der Waals surface area contributed by atoms with Gasteiger partial charge < -0.3 is 9.84 Å². The lowest BCUT2D eigenvalue weighted by molar-refractivity contribution is 0.113. The second-order valence-electron chi connectivity index (χ2n) is 8.70. The highest BCUT2D eigenvalue weighted by molar-refractivity contribution is 5.64. The van der Waals surface area contributed by atoms with E-state index in [9.17, 15) is 5.11 Å². The van der Waals surface area contributed by atoms with Crippen LogP contribution in [0.4, 0.5) is 0 Å². The normalized spacial score (nSPS) is 12.6. The Morgan fingerprint density at radius 2 is 1.55 bits per heavy atom. The molecular formula is C29H46O2. The lowest BCUT2D eigenvalue weighted by Crippen LogP contribution is -2.30. The van der Waals surface area contributed by atoms with E-state index in [1.165, 1.54) is 0 Å². The highest BCUT2D eigenvalue weighted by Gasteiger charge is 2.35. The van der Waals surface area contributed by atoms with Gasteiger partial charge in [-0.3, -0.25) is 0 Å². The van der Waals surface area contributed by atoms with E-state index >= 15 is 0 Å². The number of ether oxygens (including phenoxy) is 1. The van der Waals surface area contributed by atoms with Crippen LogP contribution in [0.25, 0.3) is 5.57 Å². The van der Waals surface area contributed by atoms with Gasteiger partial charge in [-0.15, -0.1) is 0 Å². The number of hydrogen-bond acceptors (Lipinski definition) is 2. The summed E-state index contributed by atoms with van der Waals surface area (Å²) in [4.78, 5) is 0. The molecule has 2 nitrogen and oxygen atoms in total. The minimum atomic E-state index is -1.02. The third-order valence-corrected chi connectivity index (χ3v) is 5.44. The van der Waals surface area contributed by atoms with Crippen LogP contribution in [0.15, 0.2) is 71.6 Å². The zero-order valence-corrected chi connectivity index (χ0v) is 21.8. The van der Waals surface area contributed by atoms with Crippen LogP contribution in [0.2, 0.25) is 0 Å². The lowest BCUT2D eigenvalue weighted by Gasteiger charge is -2.35. The molecule has 0 aromatic heterocycles. The molecule has 1 N–H and O–H groups in total. The molecule has 0 spiro atoms. The first-order valence-electron chi connectivity index (χ1n) is 11.0. The quantitative estimate of drug-likeness (QED) is 0.256. The molecule has 1 rings (SSSR count). The lowest BCUT2D eigenvalue weighted by atomic mass is 9.72. The highest BCUT2D eigenvalue weighted by atomic mass is 16.5. The van der Waals surface area contributed by atoms with Crippen molar-refractivity contribution in [3.8, 4) is 0 Å². The maximum Gasteiger partial charge on any atom is 0.116 e. The Morgan fingerprint density at radius 1 is 1.03 bits per heavy atom. The molecule has 174 valence electrons. The van der Waals surface area contributed by atoms with Crippen molar-refractivity contribution in [2.75, 3.05) is 7.11 Å². The van der Waals surface area contributed by atoms with Crippen LogP contribution < -0.4 is 0 Å². The minimum Gasteiger partial charge on any atom is -0.497 e. The Labute approximate surface area is 193 Å². The number of rotatable bonds is 8. The Kier molecular flexibility index (Phi) is 11.0. The predicted molar refractivity (Wildman–Crippen MR) is 140 cm³/mol. The van der Waals surface area contributed by atoms with Gasteiger partial charge in [0, 0.05) is 12.9 Å². The number of hydrogen-bond donors (Lipinski definition) is 1. The molecule has 0 bridgehead atoms. The molecular weight excluding hydrogens is 380 g/mol. The van der Waals surface area contributed by atoms with Gasteiger partial charge in [0.25, 0.3) is 0 Å². The van der Waals surface area contributed by atoms with E-state index in [2.05, 4.69) is 44.9 Å². The smallest absolute Gasteiger partial charge is 0.116 e. The Balaban J connectivity index is 0. The second kappa shape index (κ2) is 11.9. The number of benzene rings is 1. The first-order chi connectivity index (χ1) is 14.2. The molecule has 31 heavy (non-hydrogen) atoms. The molecule has 0 aliphatic heterocycles. The second-order valence-corrected chi connectivity index (χ2v) is 8.70. The molecule has 1 aromatic carbocycles. The SMILES string of the molecule is C=C(C)/C(C)=C(\C(=C)OC)C(C(=C(C)C)C(C)(C)O)c1ccc(C(=C)C)cc1C.CC.[HH]. The van der Waals surface area contributed by atoms with E-state index in [-0.39, 0.29) is 7.34 Å². The fourth-order valence-electron chi connectivity index (χ4n) is 3.90. The summed E-state index contributed by atoms with van der Waals surface area (Å²) in [6.45, 7) is 32.3. The summed E-state index contributed by atoms with van der Waals surface area (Å²) in [6.07, 6.45) is 0. The van der Waals surface area contributed by atoms with Crippen LogP contribution in [0.1, 0.15) is 86.3 Å². The van der Waals surface area contributed by atoms with Crippen LogP contribution in [-0.4, -0.2) is 17.8 Å². The summed E-state index contributed by atoms with van der Waals surface area (Å²) in [5.74, 6) is 0.380. The van der Waals surface area contributed by atoms with Gasteiger partial charge in [0.05, 0.1) is 12.7 Å². The van der Waals surface area contributed by atoms with Gasteiger partial charge >= 0.3 is 0 Å². The van der Waals surface area contributed by atoms with Gasteiger partial charge in [-0.05, 0) is 83.2 Å². The molecule has 0 amide bonds. The van der Waals surface area contributed by atoms with Crippen molar-refractivity contribution in [3.63, 3.8) is 0 Å². The zero-order chi connectivity index (χ0) is 24.7. The van der Waals surface area contributed by atoms with Crippen molar-refractivity contribution in [1.29, 1.82) is 0 Å². The molecule has 0 fully saturated rings. The Hall–Kier alpha value is -2.32. The number of methoxy groups -OCH3 is 1. The van der Waals surface area contributed by atoms with E-state index in [0.717, 1.165) is 50.1 Å². The summed E-state index contributed by atoms with van der Waals surface area (Å²) in [7, 11) is 1.63. The van der Waals surface area contributed by atoms with Crippen molar-refractivity contribution in [3.05, 3.63) is 88.3 Å². The molecule has 1 atom stereocenters. The van der Waals surface area contributed by atoms with E-state index in [1.807, 2.05) is 62.3 Å². The monoisotopic (exact) mass is 426 g/mol. The van der Waals surface area contributed by atoms with Gasteiger partial charge in [-0.1, -0.05) is 68.5 Å². The molecule has 0 saturated heterocycles. The fourth-order valence-corrected chi connectivity index (χ4v) is 3.90. The molecule has 0 heterocycles. The van der Waals surface area contributed by atoms with Crippen molar-refractivity contribution in [1.82, 2.24) is 0 Å². The standard InChI is InChI=1S/C27H38O2.C2H6.H2/c1-16(2)20(8)24(21(9)29-12)25(26(18(5)6)27(10,11)28)23-14-13-22(17(3)4)15-19(23)7;1-2;/h13-15,25,28H,1,3,9H2,2,4-8,10-12H3;1-2H3;1H/b24-20+;;. The first kappa shape index (κ1) is 28.7. The summed E-state index contributed by atoms with van der Waals surface area (Å²) in [5.41, 5.74) is 8.30. The molecule has 0 aliphatic carbocycles. The Bertz CT molecular complexity index is 888. The average molecular weight is 427 g/mol. The predicted octanol–water partition coefficient (Wildman–Crippen LogP) is 8.54. The van der Waals surface area contributed by atoms with Crippen LogP contribution in [-0.2, 0) is 4.74 Å². The van der Waals surface area contributed by atoms with Crippen molar-refractivity contribution < 1.29 is 11.3 Å². The largest absolute Gasteiger partial charge is 0.497 e. The van der Waals surface area contributed by atoms with Crippen LogP contribution >= 0.6 is 0 Å². The zero-order valence-electron chi connectivity index (χ0n) is 21.8. The molecule has 1 aromatic rings. The van der Waals surface area contributed by atoms with Crippen LogP contribution in [0.3, 0.4) is 0 Å².